The molecule has 2 nitrogen and oxygen atoms in total. The Balaban J connectivity index is 2.09. The highest BCUT2D eigenvalue weighted by Crippen LogP contribution is 2.30. The van der Waals surface area contributed by atoms with Gasteiger partial charge in [-0.05, 0) is 25.1 Å². The first kappa shape index (κ1) is 12.9. The lowest BCUT2D eigenvalue weighted by atomic mass is 10.0. The number of ether oxygens (including phenoxy) is 1. The molecule has 3 rings (SSSR count). The average Bonchev–Trinajstić information content (AvgIpc) is 2.91. The number of fused-ring (bicyclic) bond motifs is 1. The lowest BCUT2D eigenvalue weighted by Crippen LogP contribution is -2.04. The molecule has 0 atom stereocenters. The molecule has 0 bridgehead atoms. The minimum Gasteiger partial charge on any atom is -0.493 e. The summed E-state index contributed by atoms with van der Waals surface area (Å²) in [5.74, 6) is 0.668. The third-order valence-electron chi connectivity index (χ3n) is 3.16. The zero-order valence-corrected chi connectivity index (χ0v) is 11.9. The topological polar surface area (TPSA) is 26.3 Å². The van der Waals surface area contributed by atoms with E-state index in [4.69, 9.17) is 4.74 Å². The third kappa shape index (κ3) is 2.21. The number of para-hydroxylation sites is 1. The first-order valence-corrected chi connectivity index (χ1v) is 7.42. The van der Waals surface area contributed by atoms with Crippen molar-refractivity contribution in [2.75, 3.05) is 6.61 Å². The second kappa shape index (κ2) is 5.47. The van der Waals surface area contributed by atoms with E-state index in [1.807, 2.05) is 60.8 Å². The molecule has 3 heteroatoms. The van der Waals surface area contributed by atoms with Gasteiger partial charge in [0.1, 0.15) is 5.75 Å². The van der Waals surface area contributed by atoms with Gasteiger partial charge in [0.25, 0.3) is 0 Å². The van der Waals surface area contributed by atoms with Gasteiger partial charge in [-0.1, -0.05) is 30.3 Å². The Morgan fingerprint density at radius 2 is 1.80 bits per heavy atom. The standard InChI is InChI=1S/C17H14O2S/c1-2-19-15-9-5-3-8-13(15)17(18)14-11-20-16-10-6-4-7-12(14)16/h3-11H,2H2,1H3. The molecule has 20 heavy (non-hydrogen) atoms. The molecule has 1 aromatic heterocycles. The van der Waals surface area contributed by atoms with Crippen molar-refractivity contribution < 1.29 is 9.53 Å². The molecule has 0 aliphatic rings. The molecule has 0 saturated heterocycles. The maximum atomic E-state index is 12.7. The molecule has 0 unspecified atom stereocenters. The predicted molar refractivity (Wildman–Crippen MR) is 82.9 cm³/mol. The summed E-state index contributed by atoms with van der Waals surface area (Å²) in [7, 11) is 0. The summed E-state index contributed by atoms with van der Waals surface area (Å²) in [5, 5.41) is 2.93. The fourth-order valence-electron chi connectivity index (χ4n) is 2.23. The van der Waals surface area contributed by atoms with Crippen molar-refractivity contribution in [3.63, 3.8) is 0 Å². The first-order valence-electron chi connectivity index (χ1n) is 6.54. The summed E-state index contributed by atoms with van der Waals surface area (Å²) in [6, 6.07) is 15.4. The fourth-order valence-corrected chi connectivity index (χ4v) is 3.18. The molecule has 0 radical (unpaired) electrons. The van der Waals surface area contributed by atoms with Crippen LogP contribution < -0.4 is 4.74 Å². The van der Waals surface area contributed by atoms with Crippen molar-refractivity contribution in [2.45, 2.75) is 6.92 Å². The number of hydrogen-bond donors (Lipinski definition) is 0. The van der Waals surface area contributed by atoms with E-state index >= 15 is 0 Å². The van der Waals surface area contributed by atoms with Crippen LogP contribution in [0, 0.1) is 0 Å². The minimum absolute atomic E-state index is 0.0199. The molecule has 0 fully saturated rings. The molecule has 0 amide bonds. The van der Waals surface area contributed by atoms with Gasteiger partial charge in [-0.15, -0.1) is 11.3 Å². The Kier molecular flexibility index (Phi) is 3.52. The number of rotatable bonds is 4. The Hall–Kier alpha value is -2.13. The van der Waals surface area contributed by atoms with Crippen molar-refractivity contribution in [2.24, 2.45) is 0 Å². The van der Waals surface area contributed by atoms with Crippen LogP contribution in [-0.4, -0.2) is 12.4 Å². The summed E-state index contributed by atoms with van der Waals surface area (Å²) in [6.07, 6.45) is 0. The second-order valence-electron chi connectivity index (χ2n) is 4.40. The van der Waals surface area contributed by atoms with Gasteiger partial charge in [0.05, 0.1) is 12.2 Å². The summed E-state index contributed by atoms with van der Waals surface area (Å²) in [6.45, 7) is 2.47. The van der Waals surface area contributed by atoms with E-state index in [-0.39, 0.29) is 5.78 Å². The zero-order chi connectivity index (χ0) is 13.9. The van der Waals surface area contributed by atoms with Gasteiger partial charge in [0, 0.05) is 21.0 Å². The SMILES string of the molecule is CCOc1ccccc1C(=O)c1csc2ccccc12. The number of hydrogen-bond acceptors (Lipinski definition) is 3. The van der Waals surface area contributed by atoms with E-state index in [2.05, 4.69) is 0 Å². The van der Waals surface area contributed by atoms with Crippen molar-refractivity contribution in [3.05, 3.63) is 65.0 Å². The van der Waals surface area contributed by atoms with Crippen LogP contribution in [0.3, 0.4) is 0 Å². The third-order valence-corrected chi connectivity index (χ3v) is 4.12. The molecule has 2 aromatic carbocycles. The van der Waals surface area contributed by atoms with Crippen molar-refractivity contribution >= 4 is 27.2 Å². The van der Waals surface area contributed by atoms with E-state index in [0.29, 0.717) is 17.9 Å². The molecular formula is C17H14O2S. The maximum absolute atomic E-state index is 12.7. The van der Waals surface area contributed by atoms with Crippen LogP contribution in [-0.2, 0) is 0 Å². The highest BCUT2D eigenvalue weighted by molar-refractivity contribution is 7.17. The highest BCUT2D eigenvalue weighted by Gasteiger charge is 2.17. The van der Waals surface area contributed by atoms with Gasteiger partial charge in [-0.25, -0.2) is 0 Å². The van der Waals surface area contributed by atoms with Crippen LogP contribution in [0.5, 0.6) is 5.75 Å². The monoisotopic (exact) mass is 282 g/mol. The van der Waals surface area contributed by atoms with E-state index in [0.717, 1.165) is 15.6 Å². The predicted octanol–water partition coefficient (Wildman–Crippen LogP) is 4.53. The van der Waals surface area contributed by atoms with Gasteiger partial charge in [0.15, 0.2) is 5.78 Å². The summed E-state index contributed by atoms with van der Waals surface area (Å²) >= 11 is 1.59. The number of benzene rings is 2. The molecule has 3 aromatic rings. The maximum Gasteiger partial charge on any atom is 0.198 e. The van der Waals surface area contributed by atoms with E-state index < -0.39 is 0 Å². The number of carbonyl (C=O) groups is 1. The van der Waals surface area contributed by atoms with Gasteiger partial charge in [-0.3, -0.25) is 4.79 Å². The van der Waals surface area contributed by atoms with Crippen LogP contribution in [0.25, 0.3) is 10.1 Å². The number of ketones is 1. The van der Waals surface area contributed by atoms with E-state index in [1.165, 1.54) is 0 Å². The number of carbonyl (C=O) groups excluding carboxylic acids is 1. The van der Waals surface area contributed by atoms with Gasteiger partial charge >= 0.3 is 0 Å². The smallest absolute Gasteiger partial charge is 0.198 e. The first-order chi connectivity index (χ1) is 9.81. The Morgan fingerprint density at radius 1 is 1.05 bits per heavy atom. The molecule has 0 saturated carbocycles. The molecule has 0 aliphatic carbocycles. The van der Waals surface area contributed by atoms with Crippen LogP contribution >= 0.6 is 11.3 Å². The van der Waals surface area contributed by atoms with Crippen LogP contribution in [0.1, 0.15) is 22.8 Å². The summed E-state index contributed by atoms with van der Waals surface area (Å²) in [5.41, 5.74) is 1.37. The zero-order valence-electron chi connectivity index (χ0n) is 11.1. The van der Waals surface area contributed by atoms with Crippen LogP contribution in [0.4, 0.5) is 0 Å². The fraction of sp³-hybridized carbons (Fsp3) is 0.118. The minimum atomic E-state index is 0.0199. The van der Waals surface area contributed by atoms with E-state index in [1.54, 1.807) is 11.3 Å². The largest absolute Gasteiger partial charge is 0.493 e. The molecule has 0 aliphatic heterocycles. The lowest BCUT2D eigenvalue weighted by Gasteiger charge is -2.08. The van der Waals surface area contributed by atoms with Crippen LogP contribution in [0.2, 0.25) is 0 Å². The average molecular weight is 282 g/mol. The summed E-state index contributed by atoms with van der Waals surface area (Å²) < 4.78 is 6.68. The Labute approximate surface area is 121 Å². The lowest BCUT2D eigenvalue weighted by molar-refractivity contribution is 0.103. The second-order valence-corrected chi connectivity index (χ2v) is 5.32. The molecular weight excluding hydrogens is 268 g/mol. The van der Waals surface area contributed by atoms with Gasteiger partial charge in [-0.2, -0.15) is 0 Å². The molecule has 0 N–H and O–H groups in total. The number of thiophene rings is 1. The van der Waals surface area contributed by atoms with Crippen molar-refractivity contribution in [3.8, 4) is 5.75 Å². The quantitative estimate of drug-likeness (QED) is 0.657. The molecule has 0 spiro atoms. The normalized spacial score (nSPS) is 10.7. The highest BCUT2D eigenvalue weighted by atomic mass is 32.1. The Bertz CT molecular complexity index is 758. The Morgan fingerprint density at radius 3 is 2.65 bits per heavy atom. The van der Waals surface area contributed by atoms with Crippen molar-refractivity contribution in [1.82, 2.24) is 0 Å². The molecule has 100 valence electrons. The van der Waals surface area contributed by atoms with Crippen LogP contribution in [0.15, 0.2) is 53.9 Å². The molecule has 1 heterocycles. The van der Waals surface area contributed by atoms with Crippen molar-refractivity contribution in [1.29, 1.82) is 0 Å². The summed E-state index contributed by atoms with van der Waals surface area (Å²) in [4.78, 5) is 12.7. The van der Waals surface area contributed by atoms with Gasteiger partial charge in [0.2, 0.25) is 0 Å². The van der Waals surface area contributed by atoms with E-state index in [9.17, 15) is 4.79 Å². The van der Waals surface area contributed by atoms with Gasteiger partial charge < -0.3 is 4.74 Å².